The monoisotopic (exact) mass is 509 g/mol. The maximum atomic E-state index is 12.5. The highest BCUT2D eigenvalue weighted by Gasteiger charge is 2.24. The molecule has 3 N–H and O–H groups in total. The molecule has 1 aliphatic rings. The average molecular weight is 510 g/mol. The molecule has 0 spiro atoms. The lowest BCUT2D eigenvalue weighted by atomic mass is 9.96. The Morgan fingerprint density at radius 1 is 1.06 bits per heavy atom. The number of aromatic nitrogens is 1. The van der Waals surface area contributed by atoms with Gasteiger partial charge in [0.1, 0.15) is 0 Å². The lowest BCUT2D eigenvalue weighted by Crippen LogP contribution is -2.42. The van der Waals surface area contributed by atoms with E-state index in [4.69, 9.17) is 0 Å². The molecule has 1 saturated heterocycles. The van der Waals surface area contributed by atoms with Crippen molar-refractivity contribution in [3.8, 4) is 0 Å². The molecule has 1 fully saturated rings. The number of piperidine rings is 1. The fraction of sp³-hybridized carbons (Fsp3) is 0.320. The molecule has 172 valence electrons. The number of para-hydroxylation sites is 1. The van der Waals surface area contributed by atoms with Gasteiger partial charge in [0.2, 0.25) is 5.91 Å². The predicted molar refractivity (Wildman–Crippen MR) is 135 cm³/mol. The van der Waals surface area contributed by atoms with Crippen LogP contribution in [0.1, 0.15) is 18.5 Å². The normalized spacial score (nSPS) is 14.7. The summed E-state index contributed by atoms with van der Waals surface area (Å²) in [5, 5.41) is 9.81. The standard InChI is InChI=1S/C25H28BrN5O2/c1-17-16-23(21-4-2-3-5-22(21)28-17)30-25(33)27-12-15-31-13-10-18(11-14-31)24(32)29-20-8-6-19(26)7-9-20/h2-9,16,18H,10-15H2,1H3,(H,29,32)(H2,27,28,30,33). The topological polar surface area (TPSA) is 86.4 Å². The number of nitrogens with one attached hydrogen (secondary N) is 3. The van der Waals surface area contributed by atoms with E-state index in [2.05, 4.69) is 41.8 Å². The number of nitrogens with zero attached hydrogens (tertiary/aromatic N) is 2. The molecule has 3 amide bonds. The molecule has 33 heavy (non-hydrogen) atoms. The zero-order valence-electron chi connectivity index (χ0n) is 18.6. The summed E-state index contributed by atoms with van der Waals surface area (Å²) in [5.74, 6) is 0.0960. The minimum atomic E-state index is -0.227. The number of carbonyl (C=O) groups excluding carboxylic acids is 2. The SMILES string of the molecule is Cc1cc(NC(=O)NCCN2CCC(C(=O)Nc3ccc(Br)cc3)CC2)c2ccccc2n1. The van der Waals surface area contributed by atoms with Crippen LogP contribution in [0.4, 0.5) is 16.2 Å². The van der Waals surface area contributed by atoms with Crippen LogP contribution in [-0.2, 0) is 4.79 Å². The number of pyridine rings is 1. The molecule has 0 radical (unpaired) electrons. The van der Waals surface area contributed by atoms with Gasteiger partial charge in [-0.25, -0.2) is 4.79 Å². The van der Waals surface area contributed by atoms with Crippen molar-refractivity contribution >= 4 is 50.1 Å². The average Bonchev–Trinajstić information content (AvgIpc) is 2.81. The minimum Gasteiger partial charge on any atom is -0.337 e. The molecule has 2 heterocycles. The molecule has 0 aliphatic carbocycles. The van der Waals surface area contributed by atoms with E-state index in [1.54, 1.807) is 0 Å². The lowest BCUT2D eigenvalue weighted by Gasteiger charge is -2.31. The fourth-order valence-corrected chi connectivity index (χ4v) is 4.37. The van der Waals surface area contributed by atoms with Crippen LogP contribution in [-0.4, -0.2) is 48.0 Å². The van der Waals surface area contributed by atoms with Gasteiger partial charge in [-0.3, -0.25) is 9.78 Å². The summed E-state index contributed by atoms with van der Waals surface area (Å²) < 4.78 is 0.986. The van der Waals surface area contributed by atoms with E-state index in [9.17, 15) is 9.59 Å². The number of halogens is 1. The number of likely N-dealkylation sites (tertiary alicyclic amines) is 1. The number of carbonyl (C=O) groups is 2. The zero-order valence-corrected chi connectivity index (χ0v) is 20.2. The summed E-state index contributed by atoms with van der Waals surface area (Å²) in [6.45, 7) is 4.90. The number of benzene rings is 2. The summed E-state index contributed by atoms with van der Waals surface area (Å²) in [6, 6.07) is 17.0. The third-order valence-corrected chi connectivity index (χ3v) is 6.40. The predicted octanol–water partition coefficient (Wildman–Crippen LogP) is 4.78. The summed E-state index contributed by atoms with van der Waals surface area (Å²) in [4.78, 5) is 31.8. The first-order valence-corrected chi connectivity index (χ1v) is 12.0. The first-order chi connectivity index (χ1) is 16.0. The molecule has 0 atom stereocenters. The van der Waals surface area contributed by atoms with E-state index >= 15 is 0 Å². The molecule has 0 bridgehead atoms. The summed E-state index contributed by atoms with van der Waals surface area (Å²) in [6.07, 6.45) is 1.63. The van der Waals surface area contributed by atoms with Crippen molar-refractivity contribution in [2.75, 3.05) is 36.8 Å². The number of aryl methyl sites for hydroxylation is 1. The van der Waals surface area contributed by atoms with Crippen LogP contribution < -0.4 is 16.0 Å². The highest BCUT2D eigenvalue weighted by Crippen LogP contribution is 2.23. The van der Waals surface area contributed by atoms with Gasteiger partial charge in [-0.15, -0.1) is 0 Å². The van der Waals surface area contributed by atoms with Crippen molar-refractivity contribution in [1.29, 1.82) is 0 Å². The molecule has 8 heteroatoms. The van der Waals surface area contributed by atoms with Gasteiger partial charge in [0, 0.05) is 40.2 Å². The Morgan fingerprint density at radius 2 is 1.79 bits per heavy atom. The summed E-state index contributed by atoms with van der Waals surface area (Å²) in [7, 11) is 0. The molecule has 1 aromatic heterocycles. The molecule has 2 aromatic carbocycles. The van der Waals surface area contributed by atoms with Crippen molar-refractivity contribution in [1.82, 2.24) is 15.2 Å². The first kappa shape index (κ1) is 23.2. The second-order valence-corrected chi connectivity index (χ2v) is 9.24. The molecular weight excluding hydrogens is 482 g/mol. The molecule has 7 nitrogen and oxygen atoms in total. The van der Waals surface area contributed by atoms with Gasteiger partial charge in [-0.05, 0) is 69.3 Å². The second-order valence-electron chi connectivity index (χ2n) is 8.32. The van der Waals surface area contributed by atoms with Gasteiger partial charge < -0.3 is 20.9 Å². The number of hydrogen-bond acceptors (Lipinski definition) is 4. The van der Waals surface area contributed by atoms with Crippen LogP contribution in [0.3, 0.4) is 0 Å². The Kier molecular flexibility index (Phi) is 7.57. The van der Waals surface area contributed by atoms with E-state index in [0.29, 0.717) is 6.54 Å². The highest BCUT2D eigenvalue weighted by atomic mass is 79.9. The Balaban J connectivity index is 1.19. The van der Waals surface area contributed by atoms with Gasteiger partial charge in [0.15, 0.2) is 0 Å². The van der Waals surface area contributed by atoms with Gasteiger partial charge >= 0.3 is 6.03 Å². The Labute approximate surface area is 202 Å². The number of anilines is 2. The van der Waals surface area contributed by atoms with E-state index in [1.807, 2.05) is 61.5 Å². The number of fused-ring (bicyclic) bond motifs is 1. The lowest BCUT2D eigenvalue weighted by molar-refractivity contribution is -0.121. The number of hydrogen-bond donors (Lipinski definition) is 3. The van der Waals surface area contributed by atoms with E-state index in [0.717, 1.165) is 64.9 Å². The van der Waals surface area contributed by atoms with Crippen molar-refractivity contribution in [3.63, 3.8) is 0 Å². The molecule has 0 saturated carbocycles. The van der Waals surface area contributed by atoms with E-state index < -0.39 is 0 Å². The highest BCUT2D eigenvalue weighted by molar-refractivity contribution is 9.10. The summed E-state index contributed by atoms with van der Waals surface area (Å²) >= 11 is 3.40. The number of amides is 3. The molecular formula is C25H28BrN5O2. The van der Waals surface area contributed by atoms with Crippen molar-refractivity contribution in [3.05, 3.63) is 64.8 Å². The van der Waals surface area contributed by atoms with Crippen LogP contribution in [0.15, 0.2) is 59.1 Å². The van der Waals surface area contributed by atoms with Gasteiger partial charge in [0.05, 0.1) is 11.2 Å². The van der Waals surface area contributed by atoms with Crippen LogP contribution in [0, 0.1) is 12.8 Å². The Bertz CT molecular complexity index is 1130. The molecule has 4 rings (SSSR count). The third kappa shape index (κ3) is 6.30. The maximum Gasteiger partial charge on any atom is 0.319 e. The van der Waals surface area contributed by atoms with Gasteiger partial charge in [-0.2, -0.15) is 0 Å². The molecule has 0 unspecified atom stereocenters. The van der Waals surface area contributed by atoms with Crippen LogP contribution >= 0.6 is 15.9 Å². The van der Waals surface area contributed by atoms with E-state index in [-0.39, 0.29) is 17.9 Å². The van der Waals surface area contributed by atoms with Crippen molar-refractivity contribution in [2.24, 2.45) is 5.92 Å². The van der Waals surface area contributed by atoms with Crippen LogP contribution in [0.25, 0.3) is 10.9 Å². The smallest absolute Gasteiger partial charge is 0.319 e. The second kappa shape index (κ2) is 10.8. The van der Waals surface area contributed by atoms with Gasteiger partial charge in [-0.1, -0.05) is 34.1 Å². The Morgan fingerprint density at radius 3 is 2.55 bits per heavy atom. The first-order valence-electron chi connectivity index (χ1n) is 11.2. The van der Waals surface area contributed by atoms with Crippen molar-refractivity contribution < 1.29 is 9.59 Å². The zero-order chi connectivity index (χ0) is 23.2. The molecule has 3 aromatic rings. The van der Waals surface area contributed by atoms with Crippen LogP contribution in [0.2, 0.25) is 0 Å². The number of rotatable bonds is 6. The fourth-order valence-electron chi connectivity index (χ4n) is 4.10. The van der Waals surface area contributed by atoms with Gasteiger partial charge in [0.25, 0.3) is 0 Å². The summed E-state index contributed by atoms with van der Waals surface area (Å²) in [5.41, 5.74) is 3.29. The largest absolute Gasteiger partial charge is 0.337 e. The quantitative estimate of drug-likeness (QED) is 0.446. The minimum absolute atomic E-state index is 0.0179. The Hall–Kier alpha value is -2.97. The van der Waals surface area contributed by atoms with Crippen molar-refractivity contribution in [2.45, 2.75) is 19.8 Å². The third-order valence-electron chi connectivity index (χ3n) is 5.88. The molecule has 1 aliphatic heterocycles. The van der Waals surface area contributed by atoms with E-state index in [1.165, 1.54) is 0 Å². The van der Waals surface area contributed by atoms with Crippen LogP contribution in [0.5, 0.6) is 0 Å². The maximum absolute atomic E-state index is 12.5. The number of urea groups is 1.